The van der Waals surface area contributed by atoms with E-state index in [-0.39, 0.29) is 10.8 Å². The monoisotopic (exact) mass is 308 g/mol. The maximum absolute atomic E-state index is 5.96. The standard InChI is InChI=1S/C22H28O/c1-15-13-17(9-11-19(15)21(3,4)5)23-18-10-12-20(16(2)14-18)22(6,7)8/h11-14H,1-8H3. The van der Waals surface area contributed by atoms with Gasteiger partial charge in [0.15, 0.2) is 0 Å². The van der Waals surface area contributed by atoms with Crippen LogP contribution in [0.4, 0.5) is 0 Å². The molecule has 122 valence electrons. The molecular formula is C22H28O. The maximum Gasteiger partial charge on any atom is 0.135 e. The van der Waals surface area contributed by atoms with Crippen LogP contribution in [0.3, 0.4) is 0 Å². The summed E-state index contributed by atoms with van der Waals surface area (Å²) in [7, 11) is 0. The van der Waals surface area contributed by atoms with Crippen LogP contribution >= 0.6 is 0 Å². The minimum atomic E-state index is 0.121. The lowest BCUT2D eigenvalue weighted by atomic mass is 9.84. The highest BCUT2D eigenvalue weighted by Crippen LogP contribution is 2.32. The van der Waals surface area contributed by atoms with Crippen LogP contribution < -0.4 is 4.74 Å². The van der Waals surface area contributed by atoms with Crippen molar-refractivity contribution in [2.45, 2.75) is 66.2 Å². The summed E-state index contributed by atoms with van der Waals surface area (Å²) in [6.07, 6.45) is 0. The summed E-state index contributed by atoms with van der Waals surface area (Å²) in [5, 5.41) is 0. The van der Waals surface area contributed by atoms with Gasteiger partial charge in [-0.05, 0) is 71.2 Å². The van der Waals surface area contributed by atoms with E-state index in [0.717, 1.165) is 11.5 Å². The molecule has 0 aliphatic carbocycles. The lowest BCUT2D eigenvalue weighted by molar-refractivity contribution is 0.476. The minimum absolute atomic E-state index is 0.121. The fourth-order valence-electron chi connectivity index (χ4n) is 3.00. The first kappa shape index (κ1) is 17.6. The number of rotatable bonds is 2. The summed E-state index contributed by atoms with van der Waals surface area (Å²) in [6.45, 7) is 17.5. The van der Waals surface area contributed by atoms with E-state index in [4.69, 9.17) is 4.74 Å². The van der Waals surface area contributed by atoms with Crippen LogP contribution in [0.2, 0.25) is 0 Å². The fourth-order valence-corrected chi connectivity index (χ4v) is 3.00. The van der Waals surface area contributed by atoms with Crippen molar-refractivity contribution in [3.05, 3.63) is 58.7 Å². The molecule has 2 aromatic carbocycles. The molecule has 0 aliphatic rings. The van der Waals surface area contributed by atoms with Crippen molar-refractivity contribution in [3.63, 3.8) is 0 Å². The second kappa shape index (κ2) is 6.03. The lowest BCUT2D eigenvalue weighted by Crippen LogP contribution is -2.13. The number of ether oxygens (including phenoxy) is 1. The van der Waals surface area contributed by atoms with Gasteiger partial charge in [-0.3, -0.25) is 0 Å². The Hall–Kier alpha value is -1.76. The van der Waals surface area contributed by atoms with Gasteiger partial charge in [-0.2, -0.15) is 0 Å². The van der Waals surface area contributed by atoms with Crippen molar-refractivity contribution in [3.8, 4) is 11.5 Å². The average Bonchev–Trinajstić information content (AvgIpc) is 2.35. The van der Waals surface area contributed by atoms with Crippen molar-refractivity contribution in [2.75, 3.05) is 0 Å². The third-order valence-corrected chi connectivity index (χ3v) is 4.10. The third kappa shape index (κ3) is 4.16. The summed E-state index contributed by atoms with van der Waals surface area (Å²) < 4.78 is 5.96. The van der Waals surface area contributed by atoms with E-state index >= 15 is 0 Å². The number of hydrogen-bond acceptors (Lipinski definition) is 1. The molecule has 0 atom stereocenters. The van der Waals surface area contributed by atoms with E-state index in [2.05, 4.69) is 79.7 Å². The van der Waals surface area contributed by atoms with Crippen LogP contribution in [-0.2, 0) is 10.8 Å². The summed E-state index contributed by atoms with van der Waals surface area (Å²) in [5.74, 6) is 1.49. The highest BCUT2D eigenvalue weighted by atomic mass is 16.5. The first-order chi connectivity index (χ1) is 10.5. The molecule has 0 spiro atoms. The minimum Gasteiger partial charge on any atom is -0.456 e. The largest absolute Gasteiger partial charge is 0.456 e. The third-order valence-electron chi connectivity index (χ3n) is 4.10. The van der Waals surface area contributed by atoms with Gasteiger partial charge in [-0.25, -0.2) is 0 Å². The smallest absolute Gasteiger partial charge is 0.135 e. The highest BCUT2D eigenvalue weighted by Gasteiger charge is 2.18. The Balaban J connectivity index is 2.27. The van der Waals surface area contributed by atoms with E-state index in [1.807, 2.05) is 12.1 Å². The molecular weight excluding hydrogens is 280 g/mol. The Kier molecular flexibility index (Phi) is 4.61. The first-order valence-corrected chi connectivity index (χ1v) is 8.22. The number of hydrogen-bond donors (Lipinski definition) is 0. The lowest BCUT2D eigenvalue weighted by Gasteiger charge is -2.23. The second-order valence-corrected chi connectivity index (χ2v) is 8.39. The fraction of sp³-hybridized carbons (Fsp3) is 0.455. The van der Waals surface area contributed by atoms with Crippen molar-refractivity contribution < 1.29 is 4.74 Å². The van der Waals surface area contributed by atoms with Gasteiger partial charge in [0.05, 0.1) is 0 Å². The first-order valence-electron chi connectivity index (χ1n) is 8.22. The zero-order valence-corrected chi connectivity index (χ0v) is 15.7. The van der Waals surface area contributed by atoms with Gasteiger partial charge in [-0.1, -0.05) is 41.5 Å². The Morgan fingerprint density at radius 1 is 0.696 bits per heavy atom. The summed E-state index contributed by atoms with van der Waals surface area (Å²) in [6, 6.07) is 14.7. The molecule has 0 fully saturated rings. The van der Waals surface area contributed by atoms with Crippen LogP contribution in [-0.4, -0.2) is 0 Å². The Bertz CT molecular complexity index is 635. The Morgan fingerprint density at radius 3 is 1.30 bits per heavy atom. The van der Waals surface area contributed by atoms with Gasteiger partial charge in [0, 0.05) is 12.1 Å². The van der Waals surface area contributed by atoms with Crippen molar-refractivity contribution in [1.29, 1.82) is 0 Å². The van der Waals surface area contributed by atoms with Crippen molar-refractivity contribution in [1.82, 2.24) is 0 Å². The molecule has 0 aromatic heterocycles. The molecule has 0 saturated carbocycles. The zero-order chi connectivity index (χ0) is 17.4. The SMILES string of the molecule is Cc1cc(Oc2[c]cc(C(C)(C)C)c(C)c2)[c]cc1C(C)(C)C. The number of aryl methyl sites for hydroxylation is 2. The van der Waals surface area contributed by atoms with Crippen LogP contribution in [0.15, 0.2) is 24.3 Å². The van der Waals surface area contributed by atoms with Gasteiger partial charge >= 0.3 is 0 Å². The molecule has 1 heteroatoms. The zero-order valence-electron chi connectivity index (χ0n) is 15.7. The molecule has 0 amide bonds. The molecule has 0 N–H and O–H groups in total. The molecule has 1 nitrogen and oxygen atoms in total. The average molecular weight is 308 g/mol. The van der Waals surface area contributed by atoms with Crippen molar-refractivity contribution in [2.24, 2.45) is 0 Å². The Labute approximate surface area is 141 Å². The van der Waals surface area contributed by atoms with Gasteiger partial charge in [0.25, 0.3) is 0 Å². The van der Waals surface area contributed by atoms with Crippen LogP contribution in [0.25, 0.3) is 0 Å². The summed E-state index contributed by atoms with van der Waals surface area (Å²) in [5.41, 5.74) is 5.30. The summed E-state index contributed by atoms with van der Waals surface area (Å²) in [4.78, 5) is 0. The normalized spacial score (nSPS) is 12.3. The maximum atomic E-state index is 5.96. The molecule has 0 aliphatic heterocycles. The molecule has 2 rings (SSSR count). The summed E-state index contributed by atoms with van der Waals surface area (Å²) >= 11 is 0. The molecule has 2 aromatic rings. The number of benzene rings is 2. The van der Waals surface area contributed by atoms with Gasteiger partial charge < -0.3 is 4.74 Å². The highest BCUT2D eigenvalue weighted by molar-refractivity contribution is 5.42. The predicted molar refractivity (Wildman–Crippen MR) is 97.5 cm³/mol. The molecule has 0 heterocycles. The van der Waals surface area contributed by atoms with Crippen molar-refractivity contribution >= 4 is 0 Å². The van der Waals surface area contributed by atoms with Gasteiger partial charge in [0.1, 0.15) is 11.5 Å². The van der Waals surface area contributed by atoms with E-state index in [0.29, 0.717) is 0 Å². The van der Waals surface area contributed by atoms with E-state index in [1.54, 1.807) is 0 Å². The molecule has 0 bridgehead atoms. The Morgan fingerprint density at radius 2 is 1.04 bits per heavy atom. The van der Waals surface area contributed by atoms with Gasteiger partial charge in [0.2, 0.25) is 0 Å². The molecule has 2 radical (unpaired) electrons. The van der Waals surface area contributed by atoms with Crippen LogP contribution in [0.1, 0.15) is 63.8 Å². The topological polar surface area (TPSA) is 9.23 Å². The molecule has 0 saturated heterocycles. The molecule has 0 unspecified atom stereocenters. The van der Waals surface area contributed by atoms with Crippen LogP contribution in [0.5, 0.6) is 11.5 Å². The van der Waals surface area contributed by atoms with Gasteiger partial charge in [-0.15, -0.1) is 0 Å². The van der Waals surface area contributed by atoms with E-state index in [9.17, 15) is 0 Å². The van der Waals surface area contributed by atoms with E-state index < -0.39 is 0 Å². The van der Waals surface area contributed by atoms with E-state index in [1.165, 1.54) is 22.3 Å². The predicted octanol–water partition coefficient (Wildman–Crippen LogP) is 6.29. The quantitative estimate of drug-likeness (QED) is 0.633. The molecule has 23 heavy (non-hydrogen) atoms. The van der Waals surface area contributed by atoms with Crippen LogP contribution in [0, 0.1) is 26.0 Å². The second-order valence-electron chi connectivity index (χ2n) is 8.39.